The zero-order valence-electron chi connectivity index (χ0n) is 16.7. The van der Waals surface area contributed by atoms with Crippen molar-refractivity contribution in [3.8, 4) is 0 Å². The van der Waals surface area contributed by atoms with Crippen LogP contribution in [0.2, 0.25) is 0 Å². The normalized spacial score (nSPS) is 21.7. The van der Waals surface area contributed by atoms with Crippen LogP contribution in [0.5, 0.6) is 0 Å². The first kappa shape index (κ1) is 18.1. The molecule has 29 heavy (non-hydrogen) atoms. The average Bonchev–Trinajstić information content (AvgIpc) is 3.02. The molecule has 3 aliphatic heterocycles. The lowest BCUT2D eigenvalue weighted by Crippen LogP contribution is -2.48. The van der Waals surface area contributed by atoms with E-state index in [9.17, 15) is 4.79 Å². The minimum atomic E-state index is -0.184. The minimum Gasteiger partial charge on any atom is -0.366 e. The Balaban J connectivity index is 1.46. The third-order valence-corrected chi connectivity index (χ3v) is 6.02. The number of nitrogens with one attached hydrogen (secondary N) is 1. The van der Waals surface area contributed by atoms with Gasteiger partial charge in [0.05, 0.1) is 11.7 Å². The highest BCUT2D eigenvalue weighted by atomic mass is 16.2. The highest BCUT2D eigenvalue weighted by Gasteiger charge is 2.40. The summed E-state index contributed by atoms with van der Waals surface area (Å²) in [4.78, 5) is 35.0. The lowest BCUT2D eigenvalue weighted by Gasteiger charge is -2.36. The SMILES string of the molecule is CN1CCCN(c2ccc3c(n2)N(C(=O)Nc2ccncn2)[C@H]2CCN3C2)CC1. The number of pyridine rings is 1. The van der Waals surface area contributed by atoms with Crippen molar-refractivity contribution in [3.05, 3.63) is 30.7 Å². The van der Waals surface area contributed by atoms with Crippen molar-refractivity contribution in [3.63, 3.8) is 0 Å². The summed E-state index contributed by atoms with van der Waals surface area (Å²) in [5.41, 5.74) is 1.03. The molecule has 152 valence electrons. The molecule has 2 amide bonds. The highest BCUT2D eigenvalue weighted by Crippen LogP contribution is 2.40. The number of nitrogens with zero attached hydrogens (tertiary/aromatic N) is 7. The Morgan fingerprint density at radius 3 is 2.90 bits per heavy atom. The molecule has 0 aliphatic carbocycles. The topological polar surface area (TPSA) is 80.7 Å². The van der Waals surface area contributed by atoms with E-state index in [-0.39, 0.29) is 12.1 Å². The first-order chi connectivity index (χ1) is 14.2. The number of urea groups is 1. The fourth-order valence-corrected chi connectivity index (χ4v) is 4.45. The number of aromatic nitrogens is 3. The summed E-state index contributed by atoms with van der Waals surface area (Å²) < 4.78 is 0. The Kier molecular flexibility index (Phi) is 4.67. The lowest BCUT2D eigenvalue weighted by molar-refractivity contribution is 0.254. The molecule has 2 bridgehead atoms. The first-order valence-electron chi connectivity index (χ1n) is 10.2. The van der Waals surface area contributed by atoms with Crippen LogP contribution in [0.1, 0.15) is 12.8 Å². The molecule has 0 spiro atoms. The molecule has 0 unspecified atom stereocenters. The van der Waals surface area contributed by atoms with Gasteiger partial charge in [0, 0.05) is 38.9 Å². The molecule has 2 aromatic rings. The van der Waals surface area contributed by atoms with Gasteiger partial charge in [0.15, 0.2) is 5.82 Å². The summed E-state index contributed by atoms with van der Waals surface area (Å²) in [7, 11) is 2.16. The molecule has 0 radical (unpaired) electrons. The summed E-state index contributed by atoms with van der Waals surface area (Å²) in [5, 5.41) is 2.91. The number of rotatable bonds is 2. The summed E-state index contributed by atoms with van der Waals surface area (Å²) in [6, 6.07) is 5.86. The number of carbonyl (C=O) groups is 1. The van der Waals surface area contributed by atoms with E-state index in [2.05, 4.69) is 49.2 Å². The van der Waals surface area contributed by atoms with Crippen molar-refractivity contribution in [2.75, 3.05) is 66.3 Å². The van der Waals surface area contributed by atoms with Gasteiger partial charge in [0.25, 0.3) is 0 Å². The van der Waals surface area contributed by atoms with Gasteiger partial charge < -0.3 is 14.7 Å². The summed E-state index contributed by atoms with van der Waals surface area (Å²) in [6.07, 6.45) is 5.11. The molecule has 5 heterocycles. The van der Waals surface area contributed by atoms with Crippen LogP contribution in [0.25, 0.3) is 0 Å². The van der Waals surface area contributed by atoms with Gasteiger partial charge in [0.1, 0.15) is 18.0 Å². The van der Waals surface area contributed by atoms with Crippen LogP contribution in [-0.2, 0) is 0 Å². The minimum absolute atomic E-state index is 0.127. The van der Waals surface area contributed by atoms with Crippen LogP contribution in [0.4, 0.5) is 27.9 Å². The third kappa shape index (κ3) is 3.46. The molecule has 5 rings (SSSR count). The zero-order valence-corrected chi connectivity index (χ0v) is 16.7. The predicted molar refractivity (Wildman–Crippen MR) is 113 cm³/mol. The van der Waals surface area contributed by atoms with Gasteiger partial charge in [0.2, 0.25) is 0 Å². The maximum Gasteiger partial charge on any atom is 0.329 e. The first-order valence-corrected chi connectivity index (χ1v) is 10.2. The molecule has 1 N–H and O–H groups in total. The molecule has 2 saturated heterocycles. The zero-order chi connectivity index (χ0) is 19.8. The quantitative estimate of drug-likeness (QED) is 0.829. The number of carbonyl (C=O) groups excluding carboxylic acids is 1. The van der Waals surface area contributed by atoms with E-state index in [4.69, 9.17) is 4.98 Å². The van der Waals surface area contributed by atoms with E-state index in [0.29, 0.717) is 5.82 Å². The van der Waals surface area contributed by atoms with E-state index in [1.807, 2.05) is 4.90 Å². The third-order valence-electron chi connectivity index (χ3n) is 6.02. The van der Waals surface area contributed by atoms with E-state index in [1.165, 1.54) is 6.33 Å². The van der Waals surface area contributed by atoms with Crippen LogP contribution in [0.3, 0.4) is 0 Å². The second-order valence-electron chi connectivity index (χ2n) is 7.94. The highest BCUT2D eigenvalue weighted by molar-refractivity contribution is 6.04. The van der Waals surface area contributed by atoms with Gasteiger partial charge in [-0.15, -0.1) is 0 Å². The van der Waals surface area contributed by atoms with Crippen LogP contribution >= 0.6 is 0 Å². The Morgan fingerprint density at radius 1 is 1.10 bits per heavy atom. The van der Waals surface area contributed by atoms with Crippen LogP contribution < -0.4 is 20.0 Å². The van der Waals surface area contributed by atoms with Crippen LogP contribution in [0.15, 0.2) is 30.7 Å². The maximum atomic E-state index is 13.2. The Bertz CT molecular complexity index is 891. The summed E-state index contributed by atoms with van der Waals surface area (Å²) in [6.45, 7) is 5.85. The molecule has 3 aliphatic rings. The van der Waals surface area contributed by atoms with E-state index >= 15 is 0 Å². The Morgan fingerprint density at radius 2 is 2.03 bits per heavy atom. The predicted octanol–water partition coefficient (Wildman–Crippen LogP) is 1.64. The van der Waals surface area contributed by atoms with Crippen molar-refractivity contribution in [2.24, 2.45) is 0 Å². The van der Waals surface area contributed by atoms with E-state index < -0.39 is 0 Å². The Hall–Kier alpha value is -2.94. The van der Waals surface area contributed by atoms with Gasteiger partial charge in [-0.2, -0.15) is 0 Å². The molecule has 0 saturated carbocycles. The number of hydrogen-bond acceptors (Lipinski definition) is 7. The smallest absolute Gasteiger partial charge is 0.329 e. The fourth-order valence-electron chi connectivity index (χ4n) is 4.45. The standard InChI is InChI=1S/C20H26N8O/c1-25-8-2-9-26(12-11-25)18-4-3-16-19(24-18)28(15-6-10-27(16)13-15)20(29)23-17-5-7-21-14-22-17/h3-5,7,14-15H,2,6,8-13H2,1H3,(H,21,22,23,29)/t15-/m0/s1. The van der Waals surface area contributed by atoms with E-state index in [1.54, 1.807) is 12.3 Å². The van der Waals surface area contributed by atoms with Gasteiger partial charge in [-0.1, -0.05) is 0 Å². The molecule has 2 fully saturated rings. The lowest BCUT2D eigenvalue weighted by atomic mass is 10.2. The molecule has 0 aromatic carbocycles. The molecule has 9 heteroatoms. The molecular formula is C20H26N8O. The summed E-state index contributed by atoms with van der Waals surface area (Å²) in [5.74, 6) is 2.19. The second kappa shape index (κ2) is 7.47. The average molecular weight is 394 g/mol. The van der Waals surface area contributed by atoms with Gasteiger partial charge in [-0.05, 0) is 44.6 Å². The second-order valence-corrected chi connectivity index (χ2v) is 7.94. The van der Waals surface area contributed by atoms with Crippen molar-refractivity contribution in [2.45, 2.75) is 18.9 Å². The van der Waals surface area contributed by atoms with Crippen molar-refractivity contribution >= 4 is 29.2 Å². The summed E-state index contributed by atoms with van der Waals surface area (Å²) >= 11 is 0. The van der Waals surface area contributed by atoms with Gasteiger partial charge in [-0.25, -0.2) is 19.7 Å². The molecule has 1 atom stereocenters. The fraction of sp³-hybridized carbons (Fsp3) is 0.500. The van der Waals surface area contributed by atoms with Crippen LogP contribution in [-0.4, -0.2) is 78.2 Å². The largest absolute Gasteiger partial charge is 0.366 e. The van der Waals surface area contributed by atoms with E-state index in [0.717, 1.165) is 69.4 Å². The maximum absolute atomic E-state index is 13.2. The number of amides is 2. The monoisotopic (exact) mass is 394 g/mol. The van der Waals surface area contributed by atoms with Gasteiger partial charge in [-0.3, -0.25) is 10.2 Å². The van der Waals surface area contributed by atoms with Crippen molar-refractivity contribution in [1.29, 1.82) is 0 Å². The Labute approximate surface area is 170 Å². The molecule has 9 nitrogen and oxygen atoms in total. The number of hydrogen-bond donors (Lipinski definition) is 1. The molecular weight excluding hydrogens is 368 g/mol. The number of likely N-dealkylation sites (N-methyl/N-ethyl adjacent to an activating group) is 1. The molecule has 2 aromatic heterocycles. The number of anilines is 4. The van der Waals surface area contributed by atoms with Crippen LogP contribution in [0, 0.1) is 0 Å². The van der Waals surface area contributed by atoms with Crippen molar-refractivity contribution < 1.29 is 4.79 Å². The number of fused-ring (bicyclic) bond motifs is 4. The van der Waals surface area contributed by atoms with Crippen molar-refractivity contribution in [1.82, 2.24) is 19.9 Å². The van der Waals surface area contributed by atoms with Gasteiger partial charge >= 0.3 is 6.03 Å².